The van der Waals surface area contributed by atoms with Crippen molar-refractivity contribution in [2.24, 2.45) is 11.8 Å². The number of piperidine rings is 1. The minimum atomic E-state index is -0.00180. The maximum atomic E-state index is 13.0. The van der Waals surface area contributed by atoms with E-state index in [-0.39, 0.29) is 23.8 Å². The van der Waals surface area contributed by atoms with E-state index in [1.807, 2.05) is 16.7 Å². The molecule has 0 aromatic carbocycles. The second-order valence-corrected chi connectivity index (χ2v) is 7.72. The van der Waals surface area contributed by atoms with Crippen molar-refractivity contribution in [2.75, 3.05) is 19.6 Å². The highest BCUT2D eigenvalue weighted by Crippen LogP contribution is 2.33. The molecule has 2 aliphatic rings. The first-order valence-corrected chi connectivity index (χ1v) is 9.43. The smallest absolute Gasteiger partial charge is 0.226 e. The van der Waals surface area contributed by atoms with Crippen LogP contribution in [0.1, 0.15) is 63.6 Å². The summed E-state index contributed by atoms with van der Waals surface area (Å²) in [6, 6.07) is -0.00180. The Balaban J connectivity index is 1.58. The molecule has 1 N–H and O–H groups in total. The van der Waals surface area contributed by atoms with Crippen molar-refractivity contribution in [3.8, 4) is 0 Å². The van der Waals surface area contributed by atoms with Crippen LogP contribution in [0.2, 0.25) is 0 Å². The molecule has 7 nitrogen and oxygen atoms in total. The number of H-pyrrole nitrogens is 1. The molecule has 2 saturated heterocycles. The molecule has 0 unspecified atom stereocenters. The van der Waals surface area contributed by atoms with Gasteiger partial charge in [-0.1, -0.05) is 13.8 Å². The van der Waals surface area contributed by atoms with Crippen molar-refractivity contribution in [1.29, 1.82) is 0 Å². The van der Waals surface area contributed by atoms with Crippen LogP contribution in [0, 0.1) is 18.8 Å². The molecular formula is C18H29N5O2. The van der Waals surface area contributed by atoms with Crippen LogP contribution in [0.25, 0.3) is 0 Å². The fourth-order valence-corrected chi connectivity index (χ4v) is 3.90. The summed E-state index contributed by atoms with van der Waals surface area (Å²) >= 11 is 0. The summed E-state index contributed by atoms with van der Waals surface area (Å²) in [6.07, 6.45) is 4.04. The third-order valence-electron chi connectivity index (χ3n) is 5.23. The third-order valence-corrected chi connectivity index (χ3v) is 5.23. The Labute approximate surface area is 149 Å². The van der Waals surface area contributed by atoms with E-state index in [0.717, 1.165) is 43.9 Å². The maximum Gasteiger partial charge on any atom is 0.226 e. The average molecular weight is 347 g/mol. The minimum absolute atomic E-state index is 0.00180. The van der Waals surface area contributed by atoms with E-state index in [1.165, 1.54) is 0 Å². The molecule has 1 aromatic heterocycles. The van der Waals surface area contributed by atoms with Crippen molar-refractivity contribution in [3.05, 3.63) is 11.6 Å². The van der Waals surface area contributed by atoms with Gasteiger partial charge in [-0.3, -0.25) is 14.7 Å². The van der Waals surface area contributed by atoms with E-state index >= 15 is 0 Å². The van der Waals surface area contributed by atoms with Gasteiger partial charge in [0.2, 0.25) is 11.8 Å². The van der Waals surface area contributed by atoms with Crippen LogP contribution in [0.3, 0.4) is 0 Å². The van der Waals surface area contributed by atoms with Crippen LogP contribution in [0.4, 0.5) is 0 Å². The Morgan fingerprint density at radius 1 is 1.20 bits per heavy atom. The molecule has 2 amide bonds. The molecule has 1 aromatic rings. The topological polar surface area (TPSA) is 82.2 Å². The first-order chi connectivity index (χ1) is 12.0. The first kappa shape index (κ1) is 17.9. The van der Waals surface area contributed by atoms with Gasteiger partial charge in [0, 0.05) is 32.0 Å². The highest BCUT2D eigenvalue weighted by molar-refractivity contribution is 5.80. The lowest BCUT2D eigenvalue weighted by Crippen LogP contribution is -2.44. The zero-order chi connectivity index (χ0) is 18.0. The van der Waals surface area contributed by atoms with Crippen LogP contribution in [-0.4, -0.2) is 56.4 Å². The molecule has 0 bridgehead atoms. The molecular weight excluding hydrogens is 318 g/mol. The Kier molecular flexibility index (Phi) is 5.39. The number of carbonyl (C=O) groups is 2. The van der Waals surface area contributed by atoms with Crippen molar-refractivity contribution in [2.45, 2.75) is 58.9 Å². The average Bonchev–Trinajstić information content (AvgIpc) is 3.22. The molecule has 7 heteroatoms. The number of aromatic nitrogens is 3. The van der Waals surface area contributed by atoms with Crippen LogP contribution >= 0.6 is 0 Å². The SMILES string of the molecule is Cc1nc([C@H]2CCCN2C(=O)C2CCN(C(=O)CC(C)C)CC2)n[nH]1. The molecule has 138 valence electrons. The van der Waals surface area contributed by atoms with Crippen LogP contribution < -0.4 is 0 Å². The summed E-state index contributed by atoms with van der Waals surface area (Å²) in [6.45, 7) is 8.17. The van der Waals surface area contributed by atoms with Gasteiger partial charge in [0.15, 0.2) is 5.82 Å². The van der Waals surface area contributed by atoms with Crippen LogP contribution in [0.15, 0.2) is 0 Å². The van der Waals surface area contributed by atoms with Crippen molar-refractivity contribution >= 4 is 11.8 Å². The molecule has 0 radical (unpaired) electrons. The molecule has 3 heterocycles. The van der Waals surface area contributed by atoms with E-state index in [4.69, 9.17) is 0 Å². The molecule has 0 saturated carbocycles. The van der Waals surface area contributed by atoms with Gasteiger partial charge in [-0.15, -0.1) is 0 Å². The van der Waals surface area contributed by atoms with Crippen LogP contribution in [0.5, 0.6) is 0 Å². The largest absolute Gasteiger partial charge is 0.343 e. The summed E-state index contributed by atoms with van der Waals surface area (Å²) in [5, 5.41) is 7.13. The number of hydrogen-bond acceptors (Lipinski definition) is 4. The Hall–Kier alpha value is -1.92. The summed E-state index contributed by atoms with van der Waals surface area (Å²) in [4.78, 5) is 33.5. The number of rotatable bonds is 4. The number of nitrogens with zero attached hydrogens (tertiary/aromatic N) is 4. The molecule has 2 fully saturated rings. The number of amides is 2. The van der Waals surface area contributed by atoms with Gasteiger partial charge < -0.3 is 9.80 Å². The van der Waals surface area contributed by atoms with Gasteiger partial charge in [0.1, 0.15) is 5.82 Å². The second kappa shape index (κ2) is 7.54. The minimum Gasteiger partial charge on any atom is -0.343 e. The number of hydrogen-bond donors (Lipinski definition) is 1. The van der Waals surface area contributed by atoms with E-state index in [2.05, 4.69) is 29.0 Å². The molecule has 3 rings (SSSR count). The zero-order valence-electron chi connectivity index (χ0n) is 15.5. The Morgan fingerprint density at radius 2 is 1.92 bits per heavy atom. The fourth-order valence-electron chi connectivity index (χ4n) is 3.90. The fraction of sp³-hybridized carbons (Fsp3) is 0.778. The Bertz CT molecular complexity index is 619. The highest BCUT2D eigenvalue weighted by atomic mass is 16.2. The van der Waals surface area contributed by atoms with Gasteiger partial charge in [-0.05, 0) is 38.5 Å². The Morgan fingerprint density at radius 3 is 2.52 bits per heavy atom. The maximum absolute atomic E-state index is 13.0. The van der Waals surface area contributed by atoms with E-state index in [0.29, 0.717) is 25.4 Å². The molecule has 2 aliphatic heterocycles. The summed E-state index contributed by atoms with van der Waals surface area (Å²) in [5.74, 6) is 2.34. The molecule has 25 heavy (non-hydrogen) atoms. The third kappa shape index (κ3) is 4.02. The number of aryl methyl sites for hydroxylation is 1. The summed E-state index contributed by atoms with van der Waals surface area (Å²) in [7, 11) is 0. The van der Waals surface area contributed by atoms with E-state index in [1.54, 1.807) is 0 Å². The van der Waals surface area contributed by atoms with Gasteiger partial charge in [-0.25, -0.2) is 4.98 Å². The molecule has 0 spiro atoms. The predicted molar refractivity (Wildman–Crippen MR) is 93.6 cm³/mol. The number of aromatic amines is 1. The monoisotopic (exact) mass is 347 g/mol. The van der Waals surface area contributed by atoms with Gasteiger partial charge in [0.25, 0.3) is 0 Å². The first-order valence-electron chi connectivity index (χ1n) is 9.43. The predicted octanol–water partition coefficient (Wildman–Crippen LogP) is 2.06. The highest BCUT2D eigenvalue weighted by Gasteiger charge is 2.37. The molecule has 1 atom stereocenters. The van der Waals surface area contributed by atoms with Gasteiger partial charge in [-0.2, -0.15) is 5.10 Å². The van der Waals surface area contributed by atoms with Gasteiger partial charge >= 0.3 is 0 Å². The lowest BCUT2D eigenvalue weighted by atomic mass is 9.94. The standard InChI is InChI=1S/C18H29N5O2/c1-12(2)11-16(24)22-9-6-14(7-10-22)18(25)23-8-4-5-15(23)17-19-13(3)20-21-17/h12,14-15H,4-11H2,1-3H3,(H,19,20,21)/t15-/m1/s1. The second-order valence-electron chi connectivity index (χ2n) is 7.72. The normalized spacial score (nSPS) is 22.0. The lowest BCUT2D eigenvalue weighted by Gasteiger charge is -2.34. The lowest BCUT2D eigenvalue weighted by molar-refractivity contribution is -0.141. The van der Waals surface area contributed by atoms with E-state index in [9.17, 15) is 9.59 Å². The summed E-state index contributed by atoms with van der Waals surface area (Å²) in [5.41, 5.74) is 0. The molecule has 0 aliphatic carbocycles. The number of carbonyl (C=O) groups excluding carboxylic acids is 2. The number of nitrogens with one attached hydrogen (secondary N) is 1. The summed E-state index contributed by atoms with van der Waals surface area (Å²) < 4.78 is 0. The van der Waals surface area contributed by atoms with Gasteiger partial charge in [0.05, 0.1) is 6.04 Å². The quantitative estimate of drug-likeness (QED) is 0.904. The van der Waals surface area contributed by atoms with Crippen molar-refractivity contribution in [1.82, 2.24) is 25.0 Å². The number of likely N-dealkylation sites (tertiary alicyclic amines) is 2. The zero-order valence-corrected chi connectivity index (χ0v) is 15.5. The van der Waals surface area contributed by atoms with Crippen LogP contribution in [-0.2, 0) is 9.59 Å². The van der Waals surface area contributed by atoms with E-state index < -0.39 is 0 Å². The van der Waals surface area contributed by atoms with Crippen molar-refractivity contribution in [3.63, 3.8) is 0 Å². The van der Waals surface area contributed by atoms with Crippen molar-refractivity contribution < 1.29 is 9.59 Å².